The third kappa shape index (κ3) is 26.8. The van der Waals surface area contributed by atoms with E-state index in [4.69, 9.17) is 34.4 Å². The van der Waals surface area contributed by atoms with Crippen molar-refractivity contribution in [3.63, 3.8) is 0 Å². The van der Waals surface area contributed by atoms with E-state index in [1.54, 1.807) is 72.8 Å². The van der Waals surface area contributed by atoms with Gasteiger partial charge in [-0.2, -0.15) is 0 Å². The van der Waals surface area contributed by atoms with Crippen LogP contribution in [0.4, 0.5) is 0 Å². The summed E-state index contributed by atoms with van der Waals surface area (Å²) in [5, 5.41) is 36.8. The molecule has 0 heterocycles. The lowest BCUT2D eigenvalue weighted by atomic mass is 9.97. The molecule has 0 saturated carbocycles. The molecule has 536 valence electrons. The fourth-order valence-corrected chi connectivity index (χ4v) is 11.3. The number of carbonyl (C=O) groups is 12. The van der Waals surface area contributed by atoms with Crippen LogP contribution in [0.5, 0.6) is 0 Å². The fraction of sp³-hybridized carbons (Fsp3) is 0.465. The summed E-state index contributed by atoms with van der Waals surface area (Å²) in [7, 11) is 0. The van der Waals surface area contributed by atoms with E-state index in [9.17, 15) is 62.6 Å². The second-order valence-electron chi connectivity index (χ2n) is 25.2. The van der Waals surface area contributed by atoms with Crippen LogP contribution in [0, 0.1) is 5.92 Å². The molecule has 5 rings (SSSR count). The number of carbonyl (C=O) groups excluding carboxylic acids is 11. The topological polar surface area (TPSA) is 489 Å². The number of unbranched alkanes of at least 4 members (excludes halogenated alkanes) is 3. The predicted octanol–water partition coefficient (Wildman–Crippen LogP) is 0.390. The Hall–Kier alpha value is -9.90. The largest absolute Gasteiger partial charge is 0.480 e. The lowest BCUT2D eigenvalue weighted by Crippen LogP contribution is -2.61. The zero-order chi connectivity index (χ0) is 72.6. The first-order valence-electron chi connectivity index (χ1n) is 33.7. The Bertz CT molecular complexity index is 3550. The van der Waals surface area contributed by atoms with Crippen LogP contribution in [0.2, 0.25) is 0 Å². The number of hydrogen-bond acceptors (Lipinski definition) is 16. The Morgan fingerprint density at radius 1 is 0.374 bits per heavy atom. The van der Waals surface area contributed by atoms with Crippen molar-refractivity contribution >= 4 is 92.5 Å². The SMILES string of the molecule is CC(C)C[C@H](NC(=O)[C@@H](N)CCCCN)C(=O)N[C@@H](Cc1ccccc1)C(=O)N[C@@H](CC(N)=O)C(=O)N[C@@H](Cc1cccc2ccccc12)C(=O)N[C@@H](CCC(N)=O)C(=O)N[C@@H](C)C(=O)N[C@@H](CCCCN)C(=O)N[C@@H](Cc1cccc2ccccc12)C(=O)N[C@@H](CCCCN)C(=O)O. The molecule has 0 fully saturated rings. The maximum atomic E-state index is 14.9. The van der Waals surface area contributed by atoms with Crippen LogP contribution in [0.25, 0.3) is 21.5 Å². The molecular formula is C71H99N15O13. The molecule has 0 bridgehead atoms. The number of carboxylic acid groups (broad SMARTS) is 1. The Balaban J connectivity index is 1.42. The smallest absolute Gasteiger partial charge is 0.326 e. The summed E-state index contributed by atoms with van der Waals surface area (Å²) in [6.45, 7) is 5.89. The standard InChI is InChI=1S/C71H99N15O13/c1-42(2)37-55(82-63(90)51(75)29-11-14-34-72)66(93)83-56(38-44-19-5-4-6-20-44)67(94)86-59(41-61(77)88)70(97)85-57(39-47-25-17-23-45-21-7-9-27-49(45)47)68(95)80-53(32-33-60(76)87)64(91)78-43(3)62(89)79-52(30-12-15-35-73)65(92)84-58(69(96)81-54(71(98)99)31-13-16-36-74)40-48-26-18-24-46-22-8-10-28-50(46)48/h4-10,17-28,42-43,51-59H,11-16,29-41,72-75H2,1-3H3,(H2,76,87)(H2,77,88)(H,78,91)(H,79,89)(H,80,95)(H,81,96)(H,82,90)(H,83,93)(H,84,92)(H,85,97)(H,86,94)(H,98,99)/t43-,51-,52-,53-,54-,55-,56-,57-,58-,59-/m0/s1. The molecule has 5 aromatic carbocycles. The van der Waals surface area contributed by atoms with Crippen LogP contribution in [0.1, 0.15) is 121 Å². The molecular weight excluding hydrogens is 1270 g/mol. The monoisotopic (exact) mass is 1370 g/mol. The molecule has 0 radical (unpaired) electrons. The van der Waals surface area contributed by atoms with Crippen molar-refractivity contribution in [2.24, 2.45) is 40.3 Å². The highest BCUT2D eigenvalue weighted by Gasteiger charge is 2.37. The molecule has 10 atom stereocenters. The van der Waals surface area contributed by atoms with E-state index >= 15 is 0 Å². The minimum absolute atomic E-state index is 0.00270. The second-order valence-corrected chi connectivity index (χ2v) is 25.2. The average molecular weight is 1370 g/mol. The molecule has 5 aromatic rings. The molecule has 0 aliphatic carbocycles. The van der Waals surface area contributed by atoms with Crippen molar-refractivity contribution in [1.82, 2.24) is 47.9 Å². The quantitative estimate of drug-likeness (QED) is 0.0235. The number of rotatable bonds is 44. The van der Waals surface area contributed by atoms with Crippen molar-refractivity contribution in [1.29, 1.82) is 0 Å². The Labute approximate surface area is 576 Å². The number of hydrogen-bond donors (Lipinski definition) is 16. The molecule has 0 saturated heterocycles. The predicted molar refractivity (Wildman–Crippen MR) is 375 cm³/mol. The summed E-state index contributed by atoms with van der Waals surface area (Å²) in [5.41, 5.74) is 36.3. The molecule has 0 aromatic heterocycles. The highest BCUT2D eigenvalue weighted by atomic mass is 16.4. The summed E-state index contributed by atoms with van der Waals surface area (Å²) in [4.78, 5) is 167. The molecule has 22 N–H and O–H groups in total. The van der Waals surface area contributed by atoms with E-state index in [1.165, 1.54) is 6.92 Å². The number of nitrogens with one attached hydrogen (secondary N) is 9. The van der Waals surface area contributed by atoms with Gasteiger partial charge in [-0.15, -0.1) is 0 Å². The third-order valence-corrected chi connectivity index (χ3v) is 16.7. The lowest BCUT2D eigenvalue weighted by Gasteiger charge is -2.28. The van der Waals surface area contributed by atoms with E-state index < -0.39 is 151 Å². The van der Waals surface area contributed by atoms with Gasteiger partial charge in [0.15, 0.2) is 0 Å². The highest BCUT2D eigenvalue weighted by Crippen LogP contribution is 2.23. The Morgan fingerprint density at radius 3 is 1.25 bits per heavy atom. The van der Waals surface area contributed by atoms with Gasteiger partial charge in [-0.25, -0.2) is 4.79 Å². The number of carboxylic acids is 1. The molecule has 28 heteroatoms. The van der Waals surface area contributed by atoms with Gasteiger partial charge in [0.1, 0.15) is 54.4 Å². The van der Waals surface area contributed by atoms with E-state index in [0.29, 0.717) is 80.1 Å². The highest BCUT2D eigenvalue weighted by molar-refractivity contribution is 6.00. The second kappa shape index (κ2) is 41.4. The van der Waals surface area contributed by atoms with Crippen molar-refractivity contribution in [3.05, 3.63) is 132 Å². The van der Waals surface area contributed by atoms with Crippen LogP contribution < -0.4 is 82.3 Å². The van der Waals surface area contributed by atoms with Gasteiger partial charge in [0.25, 0.3) is 0 Å². The molecule has 0 spiro atoms. The van der Waals surface area contributed by atoms with E-state index in [0.717, 1.165) is 16.2 Å². The maximum absolute atomic E-state index is 14.9. The van der Waals surface area contributed by atoms with Crippen LogP contribution in [-0.2, 0) is 76.8 Å². The van der Waals surface area contributed by atoms with Gasteiger partial charge < -0.3 is 87.4 Å². The minimum atomic E-state index is -1.80. The molecule has 0 unspecified atom stereocenters. The van der Waals surface area contributed by atoms with E-state index in [2.05, 4.69) is 47.9 Å². The van der Waals surface area contributed by atoms with Crippen LogP contribution in [0.15, 0.2) is 115 Å². The third-order valence-electron chi connectivity index (χ3n) is 16.7. The summed E-state index contributed by atoms with van der Waals surface area (Å²) in [6, 6.07) is 19.6. The first-order valence-corrected chi connectivity index (χ1v) is 33.7. The first-order chi connectivity index (χ1) is 47.3. The van der Waals surface area contributed by atoms with Crippen molar-refractivity contribution in [3.8, 4) is 0 Å². The van der Waals surface area contributed by atoms with Crippen LogP contribution in [0.3, 0.4) is 0 Å². The molecule has 99 heavy (non-hydrogen) atoms. The number of fused-ring (bicyclic) bond motifs is 2. The lowest BCUT2D eigenvalue weighted by molar-refractivity contribution is -0.142. The van der Waals surface area contributed by atoms with Crippen molar-refractivity contribution in [2.75, 3.05) is 19.6 Å². The van der Waals surface area contributed by atoms with Crippen LogP contribution in [-0.4, -0.2) is 156 Å². The van der Waals surface area contributed by atoms with Gasteiger partial charge in [-0.1, -0.05) is 136 Å². The van der Waals surface area contributed by atoms with E-state index in [1.807, 2.05) is 56.3 Å². The van der Waals surface area contributed by atoms with E-state index in [-0.39, 0.29) is 51.0 Å². The number of aliphatic carboxylic acids is 1. The van der Waals surface area contributed by atoms with Gasteiger partial charge in [-0.05, 0) is 135 Å². The Morgan fingerprint density at radius 2 is 0.758 bits per heavy atom. The number of benzene rings is 5. The zero-order valence-electron chi connectivity index (χ0n) is 56.6. The van der Waals surface area contributed by atoms with Crippen molar-refractivity contribution in [2.45, 2.75) is 184 Å². The van der Waals surface area contributed by atoms with Gasteiger partial charge in [0.05, 0.1) is 12.5 Å². The number of nitrogens with two attached hydrogens (primary N) is 6. The van der Waals surface area contributed by atoms with Crippen LogP contribution >= 0.6 is 0 Å². The van der Waals surface area contributed by atoms with Crippen molar-refractivity contribution < 1.29 is 62.6 Å². The van der Waals surface area contributed by atoms with Gasteiger partial charge >= 0.3 is 5.97 Å². The minimum Gasteiger partial charge on any atom is -0.480 e. The Kier molecular flexibility index (Phi) is 33.3. The van der Waals surface area contributed by atoms with Gasteiger partial charge in [-0.3, -0.25) is 52.7 Å². The molecule has 0 aliphatic rings. The average Bonchev–Trinajstić information content (AvgIpc) is 0.832. The van der Waals surface area contributed by atoms with Gasteiger partial charge in [0.2, 0.25) is 65.0 Å². The number of amides is 11. The zero-order valence-corrected chi connectivity index (χ0v) is 56.6. The summed E-state index contributed by atoms with van der Waals surface area (Å²) in [5.74, 6) is -11.3. The maximum Gasteiger partial charge on any atom is 0.326 e. The van der Waals surface area contributed by atoms with Gasteiger partial charge in [0, 0.05) is 25.7 Å². The number of primary amides is 2. The first kappa shape index (κ1) is 79.8. The summed E-state index contributed by atoms with van der Waals surface area (Å²) in [6.07, 6.45) is 1.10. The normalized spacial score (nSPS) is 14.3. The summed E-state index contributed by atoms with van der Waals surface area (Å²) < 4.78 is 0. The molecule has 0 aliphatic heterocycles. The molecule has 11 amide bonds. The molecule has 28 nitrogen and oxygen atoms in total. The summed E-state index contributed by atoms with van der Waals surface area (Å²) >= 11 is 0. The fourth-order valence-electron chi connectivity index (χ4n) is 11.3.